The van der Waals surface area contributed by atoms with Gasteiger partial charge in [-0.2, -0.15) is 0 Å². The molecule has 2 rings (SSSR count). The summed E-state index contributed by atoms with van der Waals surface area (Å²) in [6.07, 6.45) is 0. The monoisotopic (exact) mass is 207 g/mol. The Hall–Kier alpha value is -0.930. The molecule has 1 aromatic heterocycles. The molecule has 0 bridgehead atoms. The molecule has 13 heavy (non-hydrogen) atoms. The fraction of sp³-hybridized carbons (Fsp3) is 0. The third-order valence-electron chi connectivity index (χ3n) is 1.62. The molecule has 2 aromatic rings. The summed E-state index contributed by atoms with van der Waals surface area (Å²) in [7, 11) is 0. The number of benzene rings is 1. The van der Waals surface area contributed by atoms with Gasteiger partial charge in [-0.05, 0) is 23.6 Å². The Kier molecular flexibility index (Phi) is 2.57. The van der Waals surface area contributed by atoms with E-state index < -0.39 is 0 Å². The van der Waals surface area contributed by atoms with Gasteiger partial charge >= 0.3 is 0 Å². The van der Waals surface area contributed by atoms with Crippen LogP contribution in [0.3, 0.4) is 0 Å². The first-order valence-corrected chi connectivity index (χ1v) is 5.62. The summed E-state index contributed by atoms with van der Waals surface area (Å²) in [4.78, 5) is 1.13. The van der Waals surface area contributed by atoms with Crippen molar-refractivity contribution < 1.29 is 0 Å². The zero-order valence-electron chi connectivity index (χ0n) is 6.94. The molecule has 0 unspecified atom stereocenters. The molecule has 1 heterocycles. The highest BCUT2D eigenvalue weighted by molar-refractivity contribution is 8.01. The lowest BCUT2D eigenvalue weighted by molar-refractivity contribution is 1.46. The van der Waals surface area contributed by atoms with E-state index in [-0.39, 0.29) is 0 Å². The van der Waals surface area contributed by atoms with E-state index in [0.29, 0.717) is 0 Å². The third kappa shape index (κ3) is 2.05. The predicted octanol–water partition coefficient (Wildman–Crippen LogP) is 3.48. The van der Waals surface area contributed by atoms with Gasteiger partial charge in [-0.15, -0.1) is 11.3 Å². The molecule has 0 saturated heterocycles. The molecule has 1 aromatic carbocycles. The minimum atomic E-state index is 0.848. The van der Waals surface area contributed by atoms with Crippen LogP contribution in [-0.4, -0.2) is 0 Å². The van der Waals surface area contributed by atoms with E-state index >= 15 is 0 Å². The molecule has 0 aliphatic carbocycles. The topological polar surface area (TPSA) is 26.0 Å². The second-order valence-corrected chi connectivity index (χ2v) is 4.86. The fourth-order valence-corrected chi connectivity index (χ4v) is 2.78. The van der Waals surface area contributed by atoms with Crippen LogP contribution in [0.1, 0.15) is 0 Å². The second kappa shape index (κ2) is 3.85. The predicted molar refractivity (Wildman–Crippen MR) is 59.3 cm³/mol. The van der Waals surface area contributed by atoms with Crippen LogP contribution in [-0.2, 0) is 0 Å². The van der Waals surface area contributed by atoms with Gasteiger partial charge in [0.05, 0.1) is 4.21 Å². The lowest BCUT2D eigenvalue weighted by atomic mass is 10.3. The molecule has 0 fully saturated rings. The maximum Gasteiger partial charge on any atom is 0.0647 e. The highest BCUT2D eigenvalue weighted by atomic mass is 32.2. The van der Waals surface area contributed by atoms with Gasteiger partial charge in [-0.25, -0.2) is 0 Å². The number of para-hydroxylation sites is 1. The maximum atomic E-state index is 5.82. The summed E-state index contributed by atoms with van der Waals surface area (Å²) in [6, 6.07) is 12.1. The highest BCUT2D eigenvalue weighted by Crippen LogP contribution is 2.34. The third-order valence-corrected chi connectivity index (χ3v) is 3.75. The van der Waals surface area contributed by atoms with E-state index in [9.17, 15) is 0 Å². The smallest absolute Gasteiger partial charge is 0.0647 e. The van der Waals surface area contributed by atoms with Crippen molar-refractivity contribution in [2.45, 2.75) is 9.10 Å². The largest absolute Gasteiger partial charge is 0.398 e. The zero-order chi connectivity index (χ0) is 9.10. The van der Waals surface area contributed by atoms with Crippen molar-refractivity contribution in [3.05, 3.63) is 41.8 Å². The molecular formula is C10H9NS2. The SMILES string of the molecule is Nc1ccccc1Sc1cccs1. The van der Waals surface area contributed by atoms with E-state index in [1.54, 1.807) is 23.1 Å². The van der Waals surface area contributed by atoms with Crippen LogP contribution in [0.2, 0.25) is 0 Å². The van der Waals surface area contributed by atoms with Crippen molar-refractivity contribution in [2.24, 2.45) is 0 Å². The van der Waals surface area contributed by atoms with E-state index in [1.165, 1.54) is 4.21 Å². The molecule has 1 nitrogen and oxygen atoms in total. The molecule has 0 aliphatic heterocycles. The number of hydrogen-bond acceptors (Lipinski definition) is 3. The average molecular weight is 207 g/mol. The van der Waals surface area contributed by atoms with E-state index in [4.69, 9.17) is 5.73 Å². The van der Waals surface area contributed by atoms with E-state index in [2.05, 4.69) is 11.4 Å². The Morgan fingerprint density at radius 3 is 2.62 bits per heavy atom. The Labute approximate surface area is 85.6 Å². The number of hydrogen-bond donors (Lipinski definition) is 1. The number of rotatable bonds is 2. The normalized spacial score (nSPS) is 10.2. The Balaban J connectivity index is 2.24. The van der Waals surface area contributed by atoms with Crippen LogP contribution < -0.4 is 5.73 Å². The molecule has 0 aliphatic rings. The van der Waals surface area contributed by atoms with Gasteiger partial charge < -0.3 is 5.73 Å². The van der Waals surface area contributed by atoms with Crippen LogP contribution >= 0.6 is 23.1 Å². The summed E-state index contributed by atoms with van der Waals surface area (Å²) in [5, 5.41) is 2.07. The maximum absolute atomic E-state index is 5.82. The van der Waals surface area contributed by atoms with Crippen molar-refractivity contribution >= 4 is 28.8 Å². The summed E-state index contributed by atoms with van der Waals surface area (Å²) in [5.74, 6) is 0. The summed E-state index contributed by atoms with van der Waals surface area (Å²) in [6.45, 7) is 0. The second-order valence-electron chi connectivity index (χ2n) is 2.57. The lowest BCUT2D eigenvalue weighted by Crippen LogP contribution is -1.85. The number of nitrogen functional groups attached to an aromatic ring is 1. The van der Waals surface area contributed by atoms with Crippen molar-refractivity contribution in [2.75, 3.05) is 5.73 Å². The van der Waals surface area contributed by atoms with Crippen LogP contribution in [0, 0.1) is 0 Å². The molecule has 66 valence electrons. The van der Waals surface area contributed by atoms with E-state index in [0.717, 1.165) is 10.6 Å². The molecule has 0 spiro atoms. The number of anilines is 1. The lowest BCUT2D eigenvalue weighted by Gasteiger charge is -2.01. The molecule has 0 amide bonds. The van der Waals surface area contributed by atoms with Gasteiger partial charge in [-0.1, -0.05) is 30.0 Å². The Bertz CT molecular complexity index is 382. The summed E-state index contributed by atoms with van der Waals surface area (Å²) in [5.41, 5.74) is 6.67. The van der Waals surface area contributed by atoms with Crippen molar-refractivity contribution in [1.82, 2.24) is 0 Å². The van der Waals surface area contributed by atoms with Crippen molar-refractivity contribution in [3.63, 3.8) is 0 Å². The van der Waals surface area contributed by atoms with E-state index in [1.807, 2.05) is 30.3 Å². The van der Waals surface area contributed by atoms with Gasteiger partial charge in [0.1, 0.15) is 0 Å². The van der Waals surface area contributed by atoms with Crippen molar-refractivity contribution in [3.8, 4) is 0 Å². The standard InChI is InChI=1S/C10H9NS2/c11-8-4-1-2-5-9(8)13-10-6-3-7-12-10/h1-7H,11H2. The Morgan fingerprint density at radius 2 is 1.92 bits per heavy atom. The quantitative estimate of drug-likeness (QED) is 0.763. The van der Waals surface area contributed by atoms with Gasteiger partial charge in [0.2, 0.25) is 0 Å². The number of nitrogens with two attached hydrogens (primary N) is 1. The summed E-state index contributed by atoms with van der Waals surface area (Å²) < 4.78 is 1.28. The van der Waals surface area contributed by atoms with Crippen LogP contribution in [0.25, 0.3) is 0 Å². The van der Waals surface area contributed by atoms with Crippen molar-refractivity contribution in [1.29, 1.82) is 0 Å². The molecule has 0 radical (unpaired) electrons. The first-order valence-electron chi connectivity index (χ1n) is 3.92. The molecular weight excluding hydrogens is 198 g/mol. The van der Waals surface area contributed by atoms with Crippen LogP contribution in [0.15, 0.2) is 50.9 Å². The van der Waals surface area contributed by atoms with Crippen LogP contribution in [0.5, 0.6) is 0 Å². The first-order chi connectivity index (χ1) is 6.36. The fourth-order valence-electron chi connectivity index (χ4n) is 1.00. The Morgan fingerprint density at radius 1 is 1.08 bits per heavy atom. The first kappa shape index (κ1) is 8.66. The van der Waals surface area contributed by atoms with Gasteiger partial charge in [0.15, 0.2) is 0 Å². The molecule has 2 N–H and O–H groups in total. The van der Waals surface area contributed by atoms with Gasteiger partial charge in [0.25, 0.3) is 0 Å². The van der Waals surface area contributed by atoms with Gasteiger partial charge in [-0.3, -0.25) is 0 Å². The number of thiophene rings is 1. The minimum Gasteiger partial charge on any atom is -0.398 e. The summed E-state index contributed by atoms with van der Waals surface area (Å²) >= 11 is 3.45. The van der Waals surface area contributed by atoms with Crippen LogP contribution in [0.4, 0.5) is 5.69 Å². The highest BCUT2D eigenvalue weighted by Gasteiger charge is 2.00. The molecule has 3 heteroatoms. The van der Waals surface area contributed by atoms with Gasteiger partial charge in [0, 0.05) is 10.6 Å². The average Bonchev–Trinajstić information content (AvgIpc) is 2.61. The zero-order valence-corrected chi connectivity index (χ0v) is 8.57. The molecule has 0 atom stereocenters. The minimum absolute atomic E-state index is 0.848. The molecule has 0 saturated carbocycles.